The molecule has 2 aromatic carbocycles. The van der Waals surface area contributed by atoms with Crippen molar-refractivity contribution in [3.63, 3.8) is 0 Å². The quantitative estimate of drug-likeness (QED) is 0.671. The van der Waals surface area contributed by atoms with Crippen LogP contribution in [0, 0.1) is 0 Å². The van der Waals surface area contributed by atoms with Crippen molar-refractivity contribution in [2.45, 2.75) is 6.54 Å². The van der Waals surface area contributed by atoms with Crippen LogP contribution in [0.25, 0.3) is 11.0 Å². The highest BCUT2D eigenvalue weighted by Gasteiger charge is 2.11. The number of nitrogens with one attached hydrogen (secondary N) is 1. The molecule has 0 aliphatic carbocycles. The summed E-state index contributed by atoms with van der Waals surface area (Å²) in [6.07, 6.45) is 0. The minimum Gasteiger partial charge on any atom is -0.493 e. The van der Waals surface area contributed by atoms with Crippen molar-refractivity contribution < 1.29 is 9.47 Å². The summed E-state index contributed by atoms with van der Waals surface area (Å²) in [4.78, 5) is 4.52. The molecule has 0 unspecified atom stereocenters. The standard InChI is InChI=1S/C17H18N4O2S/c1-22-14-8-4-5-9-15(14)23-11-10-21-13-7-3-2-6-12(13)19-17(21)20-16(18)24/h2-9H,10-11H2,1H3,(H3,18,19,20,24). The smallest absolute Gasteiger partial charge is 0.210 e. The SMILES string of the molecule is COc1ccccc1OCCn1c(NC(N)=S)nc2ccccc21. The van der Waals surface area contributed by atoms with Gasteiger partial charge in [-0.2, -0.15) is 0 Å². The maximum Gasteiger partial charge on any atom is 0.210 e. The second-order valence-corrected chi connectivity index (χ2v) is 5.50. The molecular formula is C17H18N4O2S. The van der Waals surface area contributed by atoms with Gasteiger partial charge in [-0.3, -0.25) is 0 Å². The first-order chi connectivity index (χ1) is 11.7. The van der Waals surface area contributed by atoms with Gasteiger partial charge in [0.05, 0.1) is 24.7 Å². The van der Waals surface area contributed by atoms with Gasteiger partial charge in [-0.05, 0) is 36.5 Å². The van der Waals surface area contributed by atoms with Crippen molar-refractivity contribution in [1.29, 1.82) is 0 Å². The number of imidazole rings is 1. The van der Waals surface area contributed by atoms with Crippen molar-refractivity contribution in [3.8, 4) is 11.5 Å². The Hall–Kier alpha value is -2.80. The highest BCUT2D eigenvalue weighted by atomic mass is 32.1. The maximum atomic E-state index is 5.84. The number of fused-ring (bicyclic) bond motifs is 1. The zero-order chi connectivity index (χ0) is 16.9. The number of hydrogen-bond acceptors (Lipinski definition) is 4. The van der Waals surface area contributed by atoms with Crippen molar-refractivity contribution in [2.24, 2.45) is 5.73 Å². The van der Waals surface area contributed by atoms with Crippen LogP contribution in [0.4, 0.5) is 5.95 Å². The van der Waals surface area contributed by atoms with Gasteiger partial charge in [-0.25, -0.2) is 4.98 Å². The van der Waals surface area contributed by atoms with Gasteiger partial charge in [-0.15, -0.1) is 0 Å². The molecule has 3 rings (SSSR count). The predicted octanol–water partition coefficient (Wildman–Crippen LogP) is 2.78. The summed E-state index contributed by atoms with van der Waals surface area (Å²) in [6.45, 7) is 1.04. The van der Waals surface area contributed by atoms with E-state index in [4.69, 9.17) is 27.4 Å². The van der Waals surface area contributed by atoms with Crippen LogP contribution in [0.15, 0.2) is 48.5 Å². The fraction of sp³-hybridized carbons (Fsp3) is 0.176. The van der Waals surface area contributed by atoms with Crippen LogP contribution in [-0.2, 0) is 6.54 Å². The Morgan fingerprint density at radius 2 is 1.88 bits per heavy atom. The molecule has 24 heavy (non-hydrogen) atoms. The lowest BCUT2D eigenvalue weighted by atomic mass is 10.3. The average Bonchev–Trinajstić information content (AvgIpc) is 2.92. The van der Waals surface area contributed by atoms with Gasteiger partial charge in [0.25, 0.3) is 0 Å². The molecule has 0 saturated heterocycles. The van der Waals surface area contributed by atoms with Crippen LogP contribution in [-0.4, -0.2) is 28.4 Å². The summed E-state index contributed by atoms with van der Waals surface area (Å²) in [6, 6.07) is 15.4. The van der Waals surface area contributed by atoms with Crippen LogP contribution in [0.1, 0.15) is 0 Å². The Kier molecular flexibility index (Phi) is 4.81. The molecule has 0 bridgehead atoms. The molecule has 0 atom stereocenters. The van der Waals surface area contributed by atoms with E-state index in [2.05, 4.69) is 10.3 Å². The Labute approximate surface area is 145 Å². The second kappa shape index (κ2) is 7.18. The topological polar surface area (TPSA) is 74.3 Å². The van der Waals surface area contributed by atoms with Gasteiger partial charge in [0, 0.05) is 0 Å². The highest BCUT2D eigenvalue weighted by molar-refractivity contribution is 7.80. The zero-order valence-electron chi connectivity index (χ0n) is 13.2. The van der Waals surface area contributed by atoms with Gasteiger partial charge < -0.3 is 25.1 Å². The van der Waals surface area contributed by atoms with E-state index in [1.165, 1.54) is 0 Å². The first-order valence-electron chi connectivity index (χ1n) is 7.46. The van der Waals surface area contributed by atoms with E-state index in [0.717, 1.165) is 11.0 Å². The molecule has 1 aromatic heterocycles. The van der Waals surface area contributed by atoms with Crippen LogP contribution in [0.5, 0.6) is 11.5 Å². The average molecular weight is 342 g/mol. The lowest BCUT2D eigenvalue weighted by Gasteiger charge is -2.13. The fourth-order valence-electron chi connectivity index (χ4n) is 2.49. The number of ether oxygens (including phenoxy) is 2. The third kappa shape index (κ3) is 3.41. The highest BCUT2D eigenvalue weighted by Crippen LogP contribution is 2.26. The molecule has 1 heterocycles. The summed E-state index contributed by atoms with van der Waals surface area (Å²) in [7, 11) is 1.62. The van der Waals surface area contributed by atoms with Crippen molar-refractivity contribution >= 4 is 34.3 Å². The number of nitrogens with zero attached hydrogens (tertiary/aromatic N) is 2. The van der Waals surface area contributed by atoms with Gasteiger partial charge in [0.1, 0.15) is 6.61 Å². The van der Waals surface area contributed by atoms with E-state index < -0.39 is 0 Å². The largest absolute Gasteiger partial charge is 0.493 e. The number of benzene rings is 2. The van der Waals surface area contributed by atoms with E-state index in [1.807, 2.05) is 53.1 Å². The maximum absolute atomic E-state index is 5.84. The third-order valence-electron chi connectivity index (χ3n) is 3.53. The van der Waals surface area contributed by atoms with Crippen LogP contribution in [0.2, 0.25) is 0 Å². The van der Waals surface area contributed by atoms with Crippen molar-refractivity contribution in [2.75, 3.05) is 19.0 Å². The summed E-state index contributed by atoms with van der Waals surface area (Å²) in [5, 5.41) is 3.09. The molecule has 3 aromatic rings. The molecule has 0 saturated carbocycles. The normalized spacial score (nSPS) is 10.5. The molecule has 0 radical (unpaired) electrons. The molecule has 124 valence electrons. The summed E-state index contributed by atoms with van der Waals surface area (Å²) in [5.74, 6) is 2.01. The number of thiocarbonyl (C=S) groups is 1. The van der Waals surface area contributed by atoms with Gasteiger partial charge in [0.15, 0.2) is 16.6 Å². The van der Waals surface area contributed by atoms with E-state index >= 15 is 0 Å². The molecule has 0 spiro atoms. The van der Waals surface area contributed by atoms with Gasteiger partial charge in [-0.1, -0.05) is 24.3 Å². The fourth-order valence-corrected chi connectivity index (χ4v) is 2.58. The van der Waals surface area contributed by atoms with E-state index in [1.54, 1.807) is 7.11 Å². The zero-order valence-corrected chi connectivity index (χ0v) is 14.0. The van der Waals surface area contributed by atoms with Crippen LogP contribution >= 0.6 is 12.2 Å². The summed E-state index contributed by atoms with van der Waals surface area (Å²) < 4.78 is 13.1. The number of para-hydroxylation sites is 4. The molecule has 0 amide bonds. The molecule has 3 N–H and O–H groups in total. The van der Waals surface area contributed by atoms with E-state index in [0.29, 0.717) is 30.6 Å². The third-order valence-corrected chi connectivity index (χ3v) is 3.63. The second-order valence-electron chi connectivity index (χ2n) is 5.06. The van der Waals surface area contributed by atoms with Gasteiger partial charge in [0.2, 0.25) is 5.95 Å². The Morgan fingerprint density at radius 3 is 2.62 bits per heavy atom. The van der Waals surface area contributed by atoms with Crippen molar-refractivity contribution in [1.82, 2.24) is 9.55 Å². The summed E-state index contributed by atoms with van der Waals surface area (Å²) in [5.41, 5.74) is 7.45. The van der Waals surface area contributed by atoms with E-state index in [-0.39, 0.29) is 5.11 Å². The molecule has 0 fully saturated rings. The number of nitrogens with two attached hydrogens (primary N) is 1. The molecular weight excluding hydrogens is 324 g/mol. The predicted molar refractivity (Wildman–Crippen MR) is 98.6 cm³/mol. The number of methoxy groups -OCH3 is 1. The Balaban J connectivity index is 1.80. The first kappa shape index (κ1) is 16.1. The lowest BCUT2D eigenvalue weighted by molar-refractivity contribution is 0.282. The van der Waals surface area contributed by atoms with Crippen molar-refractivity contribution in [3.05, 3.63) is 48.5 Å². The Bertz CT molecular complexity index is 863. The van der Waals surface area contributed by atoms with Crippen LogP contribution < -0.4 is 20.5 Å². The molecule has 7 heteroatoms. The number of hydrogen-bond donors (Lipinski definition) is 2. The minimum absolute atomic E-state index is 0.178. The van der Waals surface area contributed by atoms with E-state index in [9.17, 15) is 0 Å². The first-order valence-corrected chi connectivity index (χ1v) is 7.87. The lowest BCUT2D eigenvalue weighted by Crippen LogP contribution is -2.22. The number of anilines is 1. The minimum atomic E-state index is 0.178. The number of aromatic nitrogens is 2. The number of rotatable bonds is 6. The van der Waals surface area contributed by atoms with Gasteiger partial charge >= 0.3 is 0 Å². The molecule has 0 aliphatic rings. The Morgan fingerprint density at radius 1 is 1.17 bits per heavy atom. The molecule has 6 nitrogen and oxygen atoms in total. The monoisotopic (exact) mass is 342 g/mol. The van der Waals surface area contributed by atoms with Crippen LogP contribution in [0.3, 0.4) is 0 Å². The summed E-state index contributed by atoms with van der Waals surface area (Å²) >= 11 is 4.93. The molecule has 0 aliphatic heterocycles.